The van der Waals surface area contributed by atoms with Gasteiger partial charge in [0.25, 0.3) is 0 Å². The summed E-state index contributed by atoms with van der Waals surface area (Å²) in [5.41, 5.74) is 0. The van der Waals surface area contributed by atoms with Crippen LogP contribution >= 0.6 is 35.8 Å². The number of carbonyl (C=O) groups is 1. The molecule has 1 aromatic rings. The number of benzene rings is 1. The van der Waals surface area contributed by atoms with Gasteiger partial charge in [0.2, 0.25) is 0 Å². The van der Waals surface area contributed by atoms with Crippen LogP contribution in [0, 0.1) is 5.92 Å². The number of hydrogen-bond donors (Lipinski definition) is 1. The maximum Gasteiger partial charge on any atom is 0.188 e. The number of unbranched alkanes of at least 4 members (excludes halogenated alkanes) is 4. The first kappa shape index (κ1) is 20.8. The Morgan fingerprint density at radius 3 is 2.05 bits per heavy atom. The summed E-state index contributed by atoms with van der Waals surface area (Å²) < 4.78 is 0. The Morgan fingerprint density at radius 1 is 1.10 bits per heavy atom. The molecule has 0 heterocycles. The minimum atomic E-state index is 0.0676. The van der Waals surface area contributed by atoms with Crippen LogP contribution in [-0.2, 0) is 4.79 Å². The van der Waals surface area contributed by atoms with Crippen LogP contribution < -0.4 is 0 Å². The topological polar surface area (TPSA) is 17.1 Å². The van der Waals surface area contributed by atoms with E-state index >= 15 is 0 Å². The Morgan fingerprint density at radius 2 is 1.67 bits per heavy atom. The second-order valence-electron chi connectivity index (χ2n) is 5.09. The normalized spacial score (nSPS) is 11.5. The first-order valence-corrected chi connectivity index (χ1v) is 8.85. The molecule has 0 aliphatic rings. The zero-order valence-corrected chi connectivity index (χ0v) is 15.4. The van der Waals surface area contributed by atoms with Gasteiger partial charge in [0, 0.05) is 16.0 Å². The van der Waals surface area contributed by atoms with Crippen LogP contribution in [0.2, 0.25) is 10.0 Å². The van der Waals surface area contributed by atoms with E-state index in [0.717, 1.165) is 12.8 Å². The van der Waals surface area contributed by atoms with E-state index in [4.69, 9.17) is 23.2 Å². The molecule has 0 N–H and O–H groups in total. The first-order chi connectivity index (χ1) is 10.0. The molecule has 0 aromatic heterocycles. The quantitative estimate of drug-likeness (QED) is 0.402. The molecule has 4 heteroatoms. The molecule has 1 aromatic carbocycles. The molecule has 0 saturated carbocycles. The lowest BCUT2D eigenvalue weighted by Crippen LogP contribution is -2.07. The van der Waals surface area contributed by atoms with Crippen molar-refractivity contribution in [3.8, 4) is 0 Å². The summed E-state index contributed by atoms with van der Waals surface area (Å²) in [4.78, 5) is 11.0. The van der Waals surface area contributed by atoms with Gasteiger partial charge in [0.05, 0.1) is 0 Å². The summed E-state index contributed by atoms with van der Waals surface area (Å²) in [5.74, 6) is 0.199. The molecule has 1 atom stereocenters. The Labute approximate surface area is 144 Å². The first-order valence-electron chi connectivity index (χ1n) is 7.65. The fourth-order valence-corrected chi connectivity index (χ4v) is 2.70. The summed E-state index contributed by atoms with van der Waals surface area (Å²) in [6.45, 7) is 4.27. The van der Waals surface area contributed by atoms with E-state index < -0.39 is 0 Å². The second kappa shape index (κ2) is 13.5. The fraction of sp³-hybridized carbons (Fsp3) is 0.588. The third kappa shape index (κ3) is 12.1. The summed E-state index contributed by atoms with van der Waals surface area (Å²) in [6.07, 6.45) is 8.34. The molecule has 1 rings (SSSR count). The van der Waals surface area contributed by atoms with Crippen LogP contribution in [0.5, 0.6) is 0 Å². The van der Waals surface area contributed by atoms with Crippen LogP contribution in [-0.4, -0.2) is 5.12 Å². The highest BCUT2D eigenvalue weighted by Gasteiger charge is 2.11. The van der Waals surface area contributed by atoms with Crippen molar-refractivity contribution in [2.24, 2.45) is 5.92 Å². The van der Waals surface area contributed by atoms with Crippen LogP contribution in [0.15, 0.2) is 24.3 Å². The number of halogens is 2. The molecule has 0 spiro atoms. The highest BCUT2D eigenvalue weighted by molar-refractivity contribution is 7.96. The molecule has 0 saturated heterocycles. The molecular formula is C17H26Cl2OS. The summed E-state index contributed by atoms with van der Waals surface area (Å²) in [6, 6.07) is 7.08. The zero-order chi connectivity index (χ0) is 16.1. The third-order valence-corrected chi connectivity index (χ3v) is 4.12. The van der Waals surface area contributed by atoms with E-state index in [-0.39, 0.29) is 11.0 Å². The van der Waals surface area contributed by atoms with E-state index in [1.165, 1.54) is 32.1 Å². The Hall–Kier alpha value is -0.180. The molecule has 21 heavy (non-hydrogen) atoms. The lowest BCUT2D eigenvalue weighted by atomic mass is 9.99. The van der Waals surface area contributed by atoms with Gasteiger partial charge in [0.15, 0.2) is 5.12 Å². The Balaban J connectivity index is 0.000000423. The standard InChI is InChI=1S/C11H22OS.C6H4Cl2/c1-3-5-6-7-8-9-10(4-2)11(12)13;7-5-2-1-3-6(8)4-5/h10H,3-9H2,1-2H3,(H,12,13);1-4H. The highest BCUT2D eigenvalue weighted by atomic mass is 35.5. The number of carbonyl (C=O) groups excluding carboxylic acids is 1. The predicted octanol–water partition coefficient (Wildman–Crippen LogP) is 6.82. The van der Waals surface area contributed by atoms with Crippen molar-refractivity contribution < 1.29 is 4.79 Å². The van der Waals surface area contributed by atoms with Crippen molar-refractivity contribution in [1.82, 2.24) is 0 Å². The van der Waals surface area contributed by atoms with Crippen LogP contribution in [0.1, 0.15) is 58.8 Å². The second-order valence-corrected chi connectivity index (χ2v) is 6.40. The van der Waals surface area contributed by atoms with Crippen molar-refractivity contribution in [3.63, 3.8) is 0 Å². The van der Waals surface area contributed by atoms with Crippen molar-refractivity contribution in [1.29, 1.82) is 0 Å². The van der Waals surface area contributed by atoms with E-state index in [9.17, 15) is 4.79 Å². The van der Waals surface area contributed by atoms with Gasteiger partial charge >= 0.3 is 0 Å². The molecule has 1 nitrogen and oxygen atoms in total. The third-order valence-electron chi connectivity index (χ3n) is 3.28. The molecular weight excluding hydrogens is 323 g/mol. The Bertz CT molecular complexity index is 379. The van der Waals surface area contributed by atoms with Crippen molar-refractivity contribution in [2.45, 2.75) is 58.8 Å². The maximum absolute atomic E-state index is 11.0. The van der Waals surface area contributed by atoms with Gasteiger partial charge in [-0.25, -0.2) is 0 Å². The van der Waals surface area contributed by atoms with Crippen molar-refractivity contribution in [2.75, 3.05) is 0 Å². The van der Waals surface area contributed by atoms with Gasteiger partial charge in [-0.2, -0.15) is 0 Å². The molecule has 0 bridgehead atoms. The molecule has 0 amide bonds. The van der Waals surface area contributed by atoms with E-state index in [1.807, 2.05) is 6.07 Å². The van der Waals surface area contributed by atoms with Gasteiger partial charge in [-0.3, -0.25) is 4.79 Å². The lowest BCUT2D eigenvalue weighted by Gasteiger charge is -2.09. The Kier molecular flexibility index (Phi) is 13.4. The number of thiol groups is 1. The van der Waals surface area contributed by atoms with Gasteiger partial charge in [-0.1, -0.05) is 75.2 Å². The average molecular weight is 349 g/mol. The van der Waals surface area contributed by atoms with Gasteiger partial charge in [-0.05, 0) is 31.0 Å². The summed E-state index contributed by atoms with van der Waals surface area (Å²) >= 11 is 15.0. The van der Waals surface area contributed by atoms with E-state index in [1.54, 1.807) is 18.2 Å². The molecule has 0 fully saturated rings. The number of hydrogen-bond acceptors (Lipinski definition) is 1. The average Bonchev–Trinajstić information content (AvgIpc) is 2.43. The molecule has 0 aliphatic carbocycles. The maximum atomic E-state index is 11.0. The van der Waals surface area contributed by atoms with Crippen molar-refractivity contribution in [3.05, 3.63) is 34.3 Å². The smallest absolute Gasteiger partial charge is 0.188 e. The fourth-order valence-electron chi connectivity index (χ4n) is 1.96. The molecule has 120 valence electrons. The monoisotopic (exact) mass is 348 g/mol. The lowest BCUT2D eigenvalue weighted by molar-refractivity contribution is -0.114. The highest BCUT2D eigenvalue weighted by Crippen LogP contribution is 2.17. The van der Waals surface area contributed by atoms with Crippen LogP contribution in [0.3, 0.4) is 0 Å². The number of rotatable bonds is 8. The van der Waals surface area contributed by atoms with Gasteiger partial charge in [-0.15, -0.1) is 12.6 Å². The summed E-state index contributed by atoms with van der Waals surface area (Å²) in [5, 5.41) is 1.42. The van der Waals surface area contributed by atoms with E-state index in [0.29, 0.717) is 10.0 Å². The molecule has 1 unspecified atom stereocenters. The van der Waals surface area contributed by atoms with Crippen LogP contribution in [0.25, 0.3) is 0 Å². The van der Waals surface area contributed by atoms with Crippen LogP contribution in [0.4, 0.5) is 0 Å². The van der Waals surface area contributed by atoms with Gasteiger partial charge < -0.3 is 0 Å². The minimum absolute atomic E-state index is 0.0676. The van der Waals surface area contributed by atoms with Crippen molar-refractivity contribution >= 4 is 40.9 Å². The molecule has 0 radical (unpaired) electrons. The van der Waals surface area contributed by atoms with E-state index in [2.05, 4.69) is 26.5 Å². The molecule has 0 aliphatic heterocycles. The zero-order valence-electron chi connectivity index (χ0n) is 12.9. The minimum Gasteiger partial charge on any atom is -0.287 e. The largest absolute Gasteiger partial charge is 0.287 e. The van der Waals surface area contributed by atoms with Gasteiger partial charge in [0.1, 0.15) is 0 Å². The SMILES string of the molecule is CCCCCCCC(CC)C(=O)S.Clc1cccc(Cl)c1. The predicted molar refractivity (Wildman–Crippen MR) is 97.6 cm³/mol. The summed E-state index contributed by atoms with van der Waals surface area (Å²) in [7, 11) is 0.